The lowest BCUT2D eigenvalue weighted by molar-refractivity contribution is 0.304. The zero-order valence-electron chi connectivity index (χ0n) is 17.0. The Morgan fingerprint density at radius 2 is 1.62 bits per heavy atom. The molecule has 0 spiro atoms. The fraction of sp³-hybridized carbons (Fsp3) is 0.0385. The molecule has 0 saturated heterocycles. The van der Waals surface area contributed by atoms with Crippen molar-refractivity contribution in [3.05, 3.63) is 102 Å². The number of benzene rings is 4. The molecule has 5 aromatic rings. The SMILES string of the molecule is Oc1cc(OCc2ccccc2Cl)ccc1-c1[nH]ncc1Oc1ccc2ccccc2c1. The third kappa shape index (κ3) is 4.11. The van der Waals surface area contributed by atoms with E-state index in [-0.39, 0.29) is 5.75 Å². The summed E-state index contributed by atoms with van der Waals surface area (Å²) < 4.78 is 11.9. The van der Waals surface area contributed by atoms with Gasteiger partial charge in [-0.2, -0.15) is 5.10 Å². The summed E-state index contributed by atoms with van der Waals surface area (Å²) in [6.07, 6.45) is 1.59. The average Bonchev–Trinajstić information content (AvgIpc) is 3.26. The van der Waals surface area contributed by atoms with Crippen molar-refractivity contribution in [3.63, 3.8) is 0 Å². The van der Waals surface area contributed by atoms with E-state index in [0.717, 1.165) is 16.3 Å². The van der Waals surface area contributed by atoms with E-state index < -0.39 is 0 Å². The number of hydrogen-bond donors (Lipinski definition) is 2. The number of nitrogens with zero attached hydrogens (tertiary/aromatic N) is 1. The highest BCUT2D eigenvalue weighted by molar-refractivity contribution is 6.31. The average molecular weight is 443 g/mol. The minimum atomic E-state index is 0.0503. The Labute approximate surface area is 189 Å². The molecule has 0 aliphatic rings. The van der Waals surface area contributed by atoms with Crippen molar-refractivity contribution in [2.24, 2.45) is 0 Å². The van der Waals surface area contributed by atoms with Crippen LogP contribution in [0.2, 0.25) is 5.02 Å². The van der Waals surface area contributed by atoms with Gasteiger partial charge in [-0.3, -0.25) is 5.10 Å². The maximum atomic E-state index is 10.6. The number of ether oxygens (including phenoxy) is 2. The van der Waals surface area contributed by atoms with Crippen molar-refractivity contribution in [3.8, 4) is 34.3 Å². The van der Waals surface area contributed by atoms with Crippen LogP contribution in [0.3, 0.4) is 0 Å². The standard InChI is InChI=1S/C26H19ClN2O3/c27-23-8-4-3-7-19(23)16-31-20-11-12-22(24(30)14-20)26-25(15-28-29-26)32-21-10-9-17-5-1-2-6-18(17)13-21/h1-15,30H,16H2,(H,28,29). The van der Waals surface area contributed by atoms with E-state index in [2.05, 4.69) is 16.3 Å². The van der Waals surface area contributed by atoms with Crippen LogP contribution in [0.1, 0.15) is 5.56 Å². The minimum absolute atomic E-state index is 0.0503. The van der Waals surface area contributed by atoms with E-state index in [4.69, 9.17) is 21.1 Å². The molecule has 0 atom stereocenters. The molecule has 5 rings (SSSR count). The Bertz CT molecular complexity index is 1400. The lowest BCUT2D eigenvalue weighted by Gasteiger charge is -2.11. The van der Waals surface area contributed by atoms with Crippen LogP contribution in [0.25, 0.3) is 22.0 Å². The second-order valence-corrected chi connectivity index (χ2v) is 7.69. The number of phenols is 1. The van der Waals surface area contributed by atoms with Crippen molar-refractivity contribution < 1.29 is 14.6 Å². The second kappa shape index (κ2) is 8.65. The third-order valence-corrected chi connectivity index (χ3v) is 5.51. The van der Waals surface area contributed by atoms with Crippen molar-refractivity contribution in [1.82, 2.24) is 10.2 Å². The zero-order valence-corrected chi connectivity index (χ0v) is 17.7. The van der Waals surface area contributed by atoms with E-state index in [1.807, 2.05) is 60.7 Å². The molecule has 2 N–H and O–H groups in total. The Morgan fingerprint density at radius 1 is 0.844 bits per heavy atom. The van der Waals surface area contributed by atoms with E-state index >= 15 is 0 Å². The predicted octanol–water partition coefficient (Wildman–Crippen LogP) is 6.96. The topological polar surface area (TPSA) is 67.4 Å². The Balaban J connectivity index is 1.36. The molecule has 1 aromatic heterocycles. The molecule has 32 heavy (non-hydrogen) atoms. The van der Waals surface area contributed by atoms with Gasteiger partial charge < -0.3 is 14.6 Å². The highest BCUT2D eigenvalue weighted by Gasteiger charge is 2.15. The summed E-state index contributed by atoms with van der Waals surface area (Å²) in [6.45, 7) is 0.304. The Morgan fingerprint density at radius 3 is 2.47 bits per heavy atom. The molecule has 0 fully saturated rings. The van der Waals surface area contributed by atoms with Gasteiger partial charge in [-0.25, -0.2) is 0 Å². The Hall–Kier alpha value is -3.96. The van der Waals surface area contributed by atoms with Gasteiger partial charge in [-0.15, -0.1) is 0 Å². The molecule has 6 heteroatoms. The number of aromatic hydroxyl groups is 1. The number of rotatable bonds is 6. The summed E-state index contributed by atoms with van der Waals surface area (Å²) in [5.74, 6) is 1.78. The number of fused-ring (bicyclic) bond motifs is 1. The first-order valence-electron chi connectivity index (χ1n) is 10.1. The predicted molar refractivity (Wildman–Crippen MR) is 125 cm³/mol. The van der Waals surface area contributed by atoms with Crippen LogP contribution in [0.15, 0.2) is 91.1 Å². The fourth-order valence-electron chi connectivity index (χ4n) is 3.49. The van der Waals surface area contributed by atoms with E-state index in [9.17, 15) is 5.11 Å². The van der Waals surface area contributed by atoms with Gasteiger partial charge in [0.05, 0.1) is 6.20 Å². The quantitative estimate of drug-likeness (QED) is 0.298. The van der Waals surface area contributed by atoms with Crippen LogP contribution in [0, 0.1) is 0 Å². The largest absolute Gasteiger partial charge is 0.507 e. The fourth-order valence-corrected chi connectivity index (χ4v) is 3.68. The van der Waals surface area contributed by atoms with Crippen molar-refractivity contribution >= 4 is 22.4 Å². The zero-order chi connectivity index (χ0) is 21.9. The first kappa shape index (κ1) is 20.0. The van der Waals surface area contributed by atoms with E-state index in [1.54, 1.807) is 24.4 Å². The molecule has 0 aliphatic heterocycles. The van der Waals surface area contributed by atoms with Gasteiger partial charge in [0.25, 0.3) is 0 Å². The van der Waals surface area contributed by atoms with Gasteiger partial charge in [0.1, 0.15) is 29.5 Å². The molecule has 158 valence electrons. The molecule has 1 heterocycles. The van der Waals surface area contributed by atoms with Crippen LogP contribution in [0.5, 0.6) is 23.0 Å². The van der Waals surface area contributed by atoms with Gasteiger partial charge in [-0.05, 0) is 41.1 Å². The number of phenolic OH excluding ortho intramolecular Hbond substituents is 1. The molecule has 4 aromatic carbocycles. The molecule has 0 unspecified atom stereocenters. The van der Waals surface area contributed by atoms with Crippen LogP contribution in [-0.2, 0) is 6.61 Å². The molecule has 0 bridgehead atoms. The summed E-state index contributed by atoms with van der Waals surface area (Å²) >= 11 is 6.18. The first-order valence-corrected chi connectivity index (χ1v) is 10.4. The second-order valence-electron chi connectivity index (χ2n) is 7.28. The Kier molecular flexibility index (Phi) is 5.40. The third-order valence-electron chi connectivity index (χ3n) is 5.14. The summed E-state index contributed by atoms with van der Waals surface area (Å²) in [7, 11) is 0. The smallest absolute Gasteiger partial charge is 0.173 e. The van der Waals surface area contributed by atoms with Gasteiger partial charge in [0.15, 0.2) is 5.75 Å². The number of nitrogens with one attached hydrogen (secondary N) is 1. The summed E-state index contributed by atoms with van der Waals surface area (Å²) in [6, 6.07) is 26.6. The maximum absolute atomic E-state index is 10.6. The molecule has 0 radical (unpaired) electrons. The van der Waals surface area contributed by atoms with Crippen molar-refractivity contribution in [2.45, 2.75) is 6.61 Å². The number of halogens is 1. The first-order chi connectivity index (χ1) is 15.7. The minimum Gasteiger partial charge on any atom is -0.507 e. The van der Waals surface area contributed by atoms with Crippen molar-refractivity contribution in [2.75, 3.05) is 0 Å². The number of aromatic nitrogens is 2. The van der Waals surface area contributed by atoms with Gasteiger partial charge in [0.2, 0.25) is 0 Å². The number of hydrogen-bond acceptors (Lipinski definition) is 4. The molecule has 0 aliphatic carbocycles. The van der Waals surface area contributed by atoms with E-state index in [0.29, 0.717) is 40.1 Å². The van der Waals surface area contributed by atoms with Crippen LogP contribution >= 0.6 is 11.6 Å². The molecular formula is C26H19ClN2O3. The van der Waals surface area contributed by atoms with Crippen molar-refractivity contribution in [1.29, 1.82) is 0 Å². The highest BCUT2D eigenvalue weighted by Crippen LogP contribution is 2.38. The van der Waals surface area contributed by atoms with Gasteiger partial charge in [0, 0.05) is 22.2 Å². The van der Waals surface area contributed by atoms with Crippen LogP contribution in [0.4, 0.5) is 0 Å². The van der Waals surface area contributed by atoms with Crippen LogP contribution < -0.4 is 9.47 Å². The molecule has 5 nitrogen and oxygen atoms in total. The van der Waals surface area contributed by atoms with Gasteiger partial charge >= 0.3 is 0 Å². The molecule has 0 saturated carbocycles. The lowest BCUT2D eigenvalue weighted by atomic mass is 10.1. The van der Waals surface area contributed by atoms with Crippen LogP contribution in [-0.4, -0.2) is 15.3 Å². The number of H-pyrrole nitrogens is 1. The summed E-state index contributed by atoms with van der Waals surface area (Å²) in [5.41, 5.74) is 2.01. The monoisotopic (exact) mass is 442 g/mol. The normalized spacial score (nSPS) is 10.9. The van der Waals surface area contributed by atoms with E-state index in [1.165, 1.54) is 0 Å². The highest BCUT2D eigenvalue weighted by atomic mass is 35.5. The number of aromatic amines is 1. The maximum Gasteiger partial charge on any atom is 0.173 e. The lowest BCUT2D eigenvalue weighted by Crippen LogP contribution is -1.96. The molecular weight excluding hydrogens is 424 g/mol. The summed E-state index contributed by atoms with van der Waals surface area (Å²) in [5, 5.41) is 20.5. The summed E-state index contributed by atoms with van der Waals surface area (Å²) in [4.78, 5) is 0. The van der Waals surface area contributed by atoms with Gasteiger partial charge in [-0.1, -0.05) is 60.1 Å². The molecule has 0 amide bonds.